The predicted molar refractivity (Wildman–Crippen MR) is 60.4 cm³/mol. The van der Waals surface area contributed by atoms with Crippen molar-refractivity contribution in [2.75, 3.05) is 13.1 Å². The minimum Gasteiger partial charge on any atom is -0.461 e. The summed E-state index contributed by atoms with van der Waals surface area (Å²) in [6.45, 7) is 3.76. The molecule has 1 aromatic heterocycles. The molecule has 1 N–H and O–H groups in total. The zero-order valence-corrected chi connectivity index (χ0v) is 8.58. The van der Waals surface area contributed by atoms with E-state index in [0.717, 1.165) is 41.2 Å². The van der Waals surface area contributed by atoms with E-state index in [0.29, 0.717) is 0 Å². The molecule has 2 aromatic rings. The summed E-state index contributed by atoms with van der Waals surface area (Å²) >= 11 is 0. The number of benzene rings is 1. The van der Waals surface area contributed by atoms with Crippen LogP contribution in [-0.4, -0.2) is 18.9 Å². The highest BCUT2D eigenvalue weighted by molar-refractivity contribution is 6.09. The van der Waals surface area contributed by atoms with Crippen LogP contribution in [0.5, 0.6) is 0 Å². The first kappa shape index (κ1) is 8.53. The van der Waals surface area contributed by atoms with Crippen LogP contribution < -0.4 is 5.32 Å². The van der Waals surface area contributed by atoms with E-state index in [1.165, 1.54) is 0 Å². The molecule has 1 aliphatic heterocycles. The van der Waals surface area contributed by atoms with Gasteiger partial charge in [-0.2, -0.15) is 0 Å². The molecule has 0 saturated carbocycles. The van der Waals surface area contributed by atoms with E-state index in [1.807, 2.05) is 19.1 Å². The van der Waals surface area contributed by atoms with Gasteiger partial charge in [0.2, 0.25) is 0 Å². The first-order valence-electron chi connectivity index (χ1n) is 5.12. The van der Waals surface area contributed by atoms with Crippen molar-refractivity contribution < 1.29 is 4.42 Å². The van der Waals surface area contributed by atoms with Crippen LogP contribution in [0.4, 0.5) is 0 Å². The summed E-state index contributed by atoms with van der Waals surface area (Å²) in [5, 5.41) is 4.42. The van der Waals surface area contributed by atoms with E-state index < -0.39 is 0 Å². The van der Waals surface area contributed by atoms with Crippen molar-refractivity contribution in [3.05, 3.63) is 35.6 Å². The molecule has 0 amide bonds. The standard InChI is InChI=1S/C12H12N2O/c1-8-7-10-9(12-13-5-6-14-12)3-2-4-11(10)15-8/h2-4,7H,5-6H2,1H3,(H,13,14). The fourth-order valence-electron chi connectivity index (χ4n) is 1.97. The van der Waals surface area contributed by atoms with Gasteiger partial charge in [0.25, 0.3) is 0 Å². The summed E-state index contributed by atoms with van der Waals surface area (Å²) in [7, 11) is 0. The molecular weight excluding hydrogens is 188 g/mol. The largest absolute Gasteiger partial charge is 0.461 e. The Bertz CT molecular complexity index is 540. The van der Waals surface area contributed by atoms with Crippen LogP contribution in [0.1, 0.15) is 11.3 Å². The second kappa shape index (κ2) is 3.12. The topological polar surface area (TPSA) is 37.5 Å². The molecule has 15 heavy (non-hydrogen) atoms. The summed E-state index contributed by atoms with van der Waals surface area (Å²) in [6.07, 6.45) is 0. The number of amidine groups is 1. The zero-order chi connectivity index (χ0) is 10.3. The van der Waals surface area contributed by atoms with Gasteiger partial charge in [0.15, 0.2) is 0 Å². The fourth-order valence-corrected chi connectivity index (χ4v) is 1.97. The number of rotatable bonds is 1. The van der Waals surface area contributed by atoms with E-state index in [9.17, 15) is 0 Å². The molecule has 0 unspecified atom stereocenters. The molecule has 3 heteroatoms. The van der Waals surface area contributed by atoms with Crippen molar-refractivity contribution in [1.82, 2.24) is 5.32 Å². The molecule has 0 spiro atoms. The number of nitrogens with one attached hydrogen (secondary N) is 1. The molecule has 0 atom stereocenters. The lowest BCUT2D eigenvalue weighted by Crippen LogP contribution is -2.19. The number of furan rings is 1. The Hall–Kier alpha value is -1.77. The van der Waals surface area contributed by atoms with Crippen LogP contribution in [0.25, 0.3) is 11.0 Å². The van der Waals surface area contributed by atoms with Gasteiger partial charge in [0.05, 0.1) is 6.54 Å². The molecule has 3 nitrogen and oxygen atoms in total. The lowest BCUT2D eigenvalue weighted by atomic mass is 10.1. The van der Waals surface area contributed by atoms with E-state index >= 15 is 0 Å². The third-order valence-electron chi connectivity index (χ3n) is 2.61. The maximum absolute atomic E-state index is 5.59. The lowest BCUT2D eigenvalue weighted by Gasteiger charge is -2.02. The minimum atomic E-state index is 0.864. The van der Waals surface area contributed by atoms with Gasteiger partial charge in [0, 0.05) is 17.5 Å². The average molecular weight is 200 g/mol. The van der Waals surface area contributed by atoms with Crippen LogP contribution in [0.3, 0.4) is 0 Å². The van der Waals surface area contributed by atoms with E-state index in [4.69, 9.17) is 4.42 Å². The van der Waals surface area contributed by atoms with Crippen molar-refractivity contribution in [2.45, 2.75) is 6.92 Å². The minimum absolute atomic E-state index is 0.864. The number of aliphatic imine (C=N–C) groups is 1. The monoisotopic (exact) mass is 200 g/mol. The van der Waals surface area contributed by atoms with Crippen LogP contribution in [0, 0.1) is 6.92 Å². The lowest BCUT2D eigenvalue weighted by molar-refractivity contribution is 0.578. The Morgan fingerprint density at radius 3 is 3.13 bits per heavy atom. The van der Waals surface area contributed by atoms with Crippen LogP contribution in [0.2, 0.25) is 0 Å². The molecule has 1 aliphatic rings. The number of hydrogen-bond donors (Lipinski definition) is 1. The SMILES string of the molecule is Cc1cc2c(C3=NCCN3)cccc2o1. The highest BCUT2D eigenvalue weighted by Gasteiger charge is 2.12. The van der Waals surface area contributed by atoms with Crippen molar-refractivity contribution >= 4 is 16.8 Å². The average Bonchev–Trinajstić information content (AvgIpc) is 2.82. The fraction of sp³-hybridized carbons (Fsp3) is 0.250. The molecule has 76 valence electrons. The molecule has 0 fully saturated rings. The van der Waals surface area contributed by atoms with Crippen molar-refractivity contribution in [1.29, 1.82) is 0 Å². The van der Waals surface area contributed by atoms with Crippen molar-refractivity contribution in [3.8, 4) is 0 Å². The number of aryl methyl sites for hydroxylation is 1. The van der Waals surface area contributed by atoms with E-state index in [1.54, 1.807) is 0 Å². The van der Waals surface area contributed by atoms with Crippen molar-refractivity contribution in [2.24, 2.45) is 4.99 Å². The zero-order valence-electron chi connectivity index (χ0n) is 8.58. The molecular formula is C12H12N2O. The number of nitrogens with zero attached hydrogens (tertiary/aromatic N) is 1. The summed E-state index contributed by atoms with van der Waals surface area (Å²) in [4.78, 5) is 4.43. The van der Waals surface area contributed by atoms with Gasteiger partial charge in [-0.05, 0) is 19.1 Å². The van der Waals surface area contributed by atoms with Crippen LogP contribution in [0.15, 0.2) is 33.7 Å². The van der Waals surface area contributed by atoms with E-state index in [-0.39, 0.29) is 0 Å². The van der Waals surface area contributed by atoms with Crippen molar-refractivity contribution in [3.63, 3.8) is 0 Å². The van der Waals surface area contributed by atoms with Crippen LogP contribution in [-0.2, 0) is 0 Å². The maximum atomic E-state index is 5.59. The first-order valence-corrected chi connectivity index (χ1v) is 5.12. The third kappa shape index (κ3) is 1.31. The second-order valence-corrected chi connectivity index (χ2v) is 3.73. The molecule has 1 aromatic carbocycles. The summed E-state index contributed by atoms with van der Waals surface area (Å²) in [6, 6.07) is 8.13. The van der Waals surface area contributed by atoms with Gasteiger partial charge in [-0.1, -0.05) is 12.1 Å². The smallest absolute Gasteiger partial charge is 0.134 e. The van der Waals surface area contributed by atoms with Gasteiger partial charge in [0.1, 0.15) is 17.2 Å². The Kier molecular flexibility index (Phi) is 1.78. The quantitative estimate of drug-likeness (QED) is 0.765. The number of hydrogen-bond acceptors (Lipinski definition) is 3. The van der Waals surface area contributed by atoms with E-state index in [2.05, 4.69) is 22.4 Å². The molecule has 0 saturated heterocycles. The molecule has 3 rings (SSSR count). The normalized spacial score (nSPS) is 15.4. The summed E-state index contributed by atoms with van der Waals surface area (Å²) < 4.78 is 5.59. The molecule has 2 heterocycles. The molecule has 0 radical (unpaired) electrons. The predicted octanol–water partition coefficient (Wildman–Crippen LogP) is 2.09. The summed E-state index contributed by atoms with van der Waals surface area (Å²) in [5.41, 5.74) is 2.07. The summed E-state index contributed by atoms with van der Waals surface area (Å²) in [5.74, 6) is 1.93. The Morgan fingerprint density at radius 2 is 2.33 bits per heavy atom. The molecule has 0 bridgehead atoms. The van der Waals surface area contributed by atoms with Gasteiger partial charge < -0.3 is 9.73 Å². The Labute approximate surface area is 87.8 Å². The highest BCUT2D eigenvalue weighted by Crippen LogP contribution is 2.23. The number of fused-ring (bicyclic) bond motifs is 1. The third-order valence-corrected chi connectivity index (χ3v) is 2.61. The van der Waals surface area contributed by atoms with Gasteiger partial charge >= 0.3 is 0 Å². The van der Waals surface area contributed by atoms with Gasteiger partial charge in [-0.15, -0.1) is 0 Å². The Morgan fingerprint density at radius 1 is 1.40 bits per heavy atom. The molecule has 0 aliphatic carbocycles. The maximum Gasteiger partial charge on any atom is 0.134 e. The second-order valence-electron chi connectivity index (χ2n) is 3.73. The highest BCUT2D eigenvalue weighted by atomic mass is 16.3. The van der Waals surface area contributed by atoms with Gasteiger partial charge in [-0.3, -0.25) is 4.99 Å². The Balaban J connectivity index is 2.25. The first-order chi connectivity index (χ1) is 7.34. The van der Waals surface area contributed by atoms with Crippen LogP contribution >= 0.6 is 0 Å². The van der Waals surface area contributed by atoms with Gasteiger partial charge in [-0.25, -0.2) is 0 Å².